The minimum Gasteiger partial charge on any atom is -0.305 e. The monoisotopic (exact) mass is 289 g/mol. The van der Waals surface area contributed by atoms with E-state index in [0.717, 1.165) is 4.34 Å². The number of rotatable bonds is 3. The van der Waals surface area contributed by atoms with Crippen LogP contribution in [0.15, 0.2) is 12.1 Å². The molecule has 4 heteroatoms. The van der Waals surface area contributed by atoms with E-state index in [1.54, 1.807) is 11.3 Å². The van der Waals surface area contributed by atoms with E-state index in [2.05, 4.69) is 43.9 Å². The second-order valence-electron chi connectivity index (χ2n) is 5.40. The Labute approximate surface area is 117 Å². The quantitative estimate of drug-likeness (QED) is 0.874. The molecule has 0 radical (unpaired) electrons. The standard InChI is InChI=1S/C13H20ClNS2/c1-9(10-4-5-12(14)17-10)15-11-8-16-7-6-13(11,2)3/h4-5,9,11,15H,6-8H2,1-3H3. The highest BCUT2D eigenvalue weighted by molar-refractivity contribution is 7.99. The molecule has 0 amide bonds. The van der Waals surface area contributed by atoms with Crippen molar-refractivity contribution in [2.45, 2.75) is 39.3 Å². The molecule has 1 N–H and O–H groups in total. The van der Waals surface area contributed by atoms with Crippen molar-refractivity contribution in [3.63, 3.8) is 0 Å². The van der Waals surface area contributed by atoms with Gasteiger partial charge in [0.2, 0.25) is 0 Å². The van der Waals surface area contributed by atoms with E-state index in [-0.39, 0.29) is 0 Å². The maximum Gasteiger partial charge on any atom is 0.0931 e. The van der Waals surface area contributed by atoms with E-state index < -0.39 is 0 Å². The van der Waals surface area contributed by atoms with E-state index >= 15 is 0 Å². The molecule has 0 saturated carbocycles. The van der Waals surface area contributed by atoms with Crippen molar-refractivity contribution in [1.29, 1.82) is 0 Å². The molecular formula is C13H20ClNS2. The number of halogens is 1. The molecule has 1 aliphatic heterocycles. The summed E-state index contributed by atoms with van der Waals surface area (Å²) in [4.78, 5) is 1.33. The van der Waals surface area contributed by atoms with Crippen LogP contribution in [0.3, 0.4) is 0 Å². The summed E-state index contributed by atoms with van der Waals surface area (Å²) in [6.07, 6.45) is 1.30. The van der Waals surface area contributed by atoms with Gasteiger partial charge in [-0.25, -0.2) is 0 Å². The fraction of sp³-hybridized carbons (Fsp3) is 0.692. The van der Waals surface area contributed by atoms with Crippen molar-refractivity contribution in [3.8, 4) is 0 Å². The fourth-order valence-electron chi connectivity index (χ4n) is 2.15. The molecule has 0 spiro atoms. The lowest BCUT2D eigenvalue weighted by Crippen LogP contribution is -2.47. The predicted molar refractivity (Wildman–Crippen MR) is 80.4 cm³/mol. The molecule has 0 aromatic carbocycles. The highest BCUT2D eigenvalue weighted by Gasteiger charge is 2.33. The molecule has 1 fully saturated rings. The SMILES string of the molecule is CC(NC1CSCCC1(C)C)c1ccc(Cl)s1. The summed E-state index contributed by atoms with van der Waals surface area (Å²) in [6, 6.07) is 5.11. The Morgan fingerprint density at radius 3 is 2.82 bits per heavy atom. The van der Waals surface area contributed by atoms with Gasteiger partial charge >= 0.3 is 0 Å². The maximum atomic E-state index is 5.99. The third kappa shape index (κ3) is 3.40. The van der Waals surface area contributed by atoms with Crippen LogP contribution in [0.4, 0.5) is 0 Å². The Kier molecular flexibility index (Phi) is 4.45. The summed E-state index contributed by atoms with van der Waals surface area (Å²) in [5.41, 5.74) is 0.403. The zero-order chi connectivity index (χ0) is 12.5. The van der Waals surface area contributed by atoms with Gasteiger partial charge in [0, 0.05) is 22.7 Å². The topological polar surface area (TPSA) is 12.0 Å². The number of nitrogens with one attached hydrogen (secondary N) is 1. The summed E-state index contributed by atoms with van der Waals surface area (Å²) in [5, 5.41) is 3.77. The second-order valence-corrected chi connectivity index (χ2v) is 8.29. The minimum atomic E-state index is 0.399. The van der Waals surface area contributed by atoms with Gasteiger partial charge in [0.05, 0.1) is 4.34 Å². The van der Waals surface area contributed by atoms with E-state index in [0.29, 0.717) is 17.5 Å². The molecule has 1 aromatic heterocycles. The van der Waals surface area contributed by atoms with Gasteiger partial charge < -0.3 is 5.32 Å². The van der Waals surface area contributed by atoms with Crippen LogP contribution in [0, 0.1) is 5.41 Å². The number of hydrogen-bond acceptors (Lipinski definition) is 3. The first-order chi connectivity index (χ1) is 7.99. The van der Waals surface area contributed by atoms with Crippen LogP contribution < -0.4 is 5.32 Å². The van der Waals surface area contributed by atoms with Crippen LogP contribution in [0.25, 0.3) is 0 Å². The molecule has 96 valence electrons. The number of hydrogen-bond donors (Lipinski definition) is 1. The van der Waals surface area contributed by atoms with Crippen LogP contribution in [-0.4, -0.2) is 17.5 Å². The summed E-state index contributed by atoms with van der Waals surface area (Å²) >= 11 is 9.73. The summed E-state index contributed by atoms with van der Waals surface area (Å²) in [7, 11) is 0. The van der Waals surface area contributed by atoms with Crippen LogP contribution in [0.5, 0.6) is 0 Å². The molecule has 17 heavy (non-hydrogen) atoms. The van der Waals surface area contributed by atoms with Crippen molar-refractivity contribution in [3.05, 3.63) is 21.3 Å². The molecular weight excluding hydrogens is 270 g/mol. The Balaban J connectivity index is 2.00. The Morgan fingerprint density at radius 2 is 2.24 bits per heavy atom. The Hall–Kier alpha value is 0.300. The predicted octanol–water partition coefficient (Wildman–Crippen LogP) is 4.58. The number of thioether (sulfide) groups is 1. The molecule has 1 nitrogen and oxygen atoms in total. The van der Waals surface area contributed by atoms with Crippen molar-refractivity contribution in [2.75, 3.05) is 11.5 Å². The van der Waals surface area contributed by atoms with Gasteiger partial charge in [-0.15, -0.1) is 11.3 Å². The molecule has 0 bridgehead atoms. The van der Waals surface area contributed by atoms with Crippen molar-refractivity contribution in [2.24, 2.45) is 5.41 Å². The van der Waals surface area contributed by atoms with Gasteiger partial charge in [0.25, 0.3) is 0 Å². The van der Waals surface area contributed by atoms with Crippen LogP contribution in [0.1, 0.15) is 38.1 Å². The lowest BCUT2D eigenvalue weighted by atomic mass is 9.82. The van der Waals surface area contributed by atoms with Gasteiger partial charge in [-0.2, -0.15) is 11.8 Å². The first-order valence-electron chi connectivity index (χ1n) is 6.08. The highest BCUT2D eigenvalue weighted by Crippen LogP contribution is 2.36. The summed E-state index contributed by atoms with van der Waals surface area (Å²) < 4.78 is 0.880. The first kappa shape index (κ1) is 13.7. The van der Waals surface area contributed by atoms with Crippen LogP contribution in [-0.2, 0) is 0 Å². The molecule has 2 atom stereocenters. The fourth-order valence-corrected chi connectivity index (χ4v) is 4.85. The minimum absolute atomic E-state index is 0.399. The summed E-state index contributed by atoms with van der Waals surface area (Å²) in [5.74, 6) is 2.51. The highest BCUT2D eigenvalue weighted by atomic mass is 35.5. The molecule has 1 aromatic rings. The zero-order valence-corrected chi connectivity index (χ0v) is 13.0. The van der Waals surface area contributed by atoms with Gasteiger partial charge in [0.15, 0.2) is 0 Å². The van der Waals surface area contributed by atoms with Crippen LogP contribution >= 0.6 is 34.7 Å². The van der Waals surface area contributed by atoms with Gasteiger partial charge in [-0.05, 0) is 36.6 Å². The largest absolute Gasteiger partial charge is 0.305 e. The lowest BCUT2D eigenvalue weighted by molar-refractivity contribution is 0.232. The van der Waals surface area contributed by atoms with Gasteiger partial charge in [-0.3, -0.25) is 0 Å². The van der Waals surface area contributed by atoms with E-state index in [4.69, 9.17) is 11.6 Å². The second kappa shape index (κ2) is 5.52. The Morgan fingerprint density at radius 1 is 1.47 bits per heavy atom. The zero-order valence-electron chi connectivity index (χ0n) is 10.6. The Bertz CT molecular complexity index is 375. The van der Waals surface area contributed by atoms with Crippen molar-refractivity contribution >= 4 is 34.7 Å². The summed E-state index contributed by atoms with van der Waals surface area (Å²) in [6.45, 7) is 6.98. The molecule has 0 aliphatic carbocycles. The average Bonchev–Trinajstić information content (AvgIpc) is 2.68. The molecule has 1 saturated heterocycles. The molecule has 1 aliphatic rings. The smallest absolute Gasteiger partial charge is 0.0931 e. The first-order valence-corrected chi connectivity index (χ1v) is 8.43. The molecule has 2 heterocycles. The third-order valence-corrected chi connectivity index (χ3v) is 6.07. The number of thiophene rings is 1. The van der Waals surface area contributed by atoms with Gasteiger partial charge in [-0.1, -0.05) is 25.4 Å². The van der Waals surface area contributed by atoms with E-state index in [1.165, 1.54) is 22.8 Å². The van der Waals surface area contributed by atoms with Crippen LogP contribution in [0.2, 0.25) is 4.34 Å². The average molecular weight is 290 g/mol. The molecule has 2 rings (SSSR count). The van der Waals surface area contributed by atoms with Crippen molar-refractivity contribution < 1.29 is 0 Å². The normalized spacial score (nSPS) is 25.8. The molecule has 2 unspecified atom stereocenters. The lowest BCUT2D eigenvalue weighted by Gasteiger charge is -2.40. The van der Waals surface area contributed by atoms with Crippen molar-refractivity contribution in [1.82, 2.24) is 5.32 Å². The maximum absolute atomic E-state index is 5.99. The van der Waals surface area contributed by atoms with E-state index in [9.17, 15) is 0 Å². The van der Waals surface area contributed by atoms with Gasteiger partial charge in [0.1, 0.15) is 0 Å². The van der Waals surface area contributed by atoms with E-state index in [1.807, 2.05) is 6.07 Å². The third-order valence-electron chi connectivity index (χ3n) is 3.59.